The lowest BCUT2D eigenvalue weighted by atomic mass is 9.63. The van der Waals surface area contributed by atoms with Crippen LogP contribution in [-0.4, -0.2) is 22.7 Å². The van der Waals surface area contributed by atoms with Gasteiger partial charge in [0, 0.05) is 11.6 Å². The highest BCUT2D eigenvalue weighted by atomic mass is 16.5. The van der Waals surface area contributed by atoms with Gasteiger partial charge >= 0.3 is 5.97 Å². The van der Waals surface area contributed by atoms with E-state index in [4.69, 9.17) is 4.74 Å². The number of carboxylic acid groups (broad SMARTS) is 1. The number of benzene rings is 1. The summed E-state index contributed by atoms with van der Waals surface area (Å²) in [7, 11) is 0. The highest BCUT2D eigenvalue weighted by Crippen LogP contribution is 2.47. The monoisotopic (exact) mass is 271 g/mol. The maximum atomic E-state index is 11.7. The van der Waals surface area contributed by atoms with Crippen LogP contribution in [-0.2, 0) is 10.2 Å². The third-order valence-electron chi connectivity index (χ3n) is 4.16. The van der Waals surface area contributed by atoms with Crippen LogP contribution in [0.5, 0.6) is 5.75 Å². The van der Waals surface area contributed by atoms with Gasteiger partial charge in [0.1, 0.15) is 11.3 Å². The molecular formula is C16H17NO3. The molecule has 1 aromatic carbocycles. The number of aromatic nitrogens is 1. The van der Waals surface area contributed by atoms with Crippen molar-refractivity contribution in [2.75, 3.05) is 6.61 Å². The number of aliphatic carboxylic acids is 1. The highest BCUT2D eigenvalue weighted by molar-refractivity contribution is 5.94. The first kappa shape index (κ1) is 12.9. The maximum Gasteiger partial charge on any atom is 0.314 e. The standard InChI is InChI=1S/C16H17NO3/c1-2-20-13-7-6-12(11-5-3-10-17-14(11)13)16(15(18)19)8-4-9-16/h3,5-7,10H,2,4,8-9H2,1H3,(H,18,19). The van der Waals surface area contributed by atoms with Crippen molar-refractivity contribution in [3.05, 3.63) is 36.0 Å². The van der Waals surface area contributed by atoms with Crippen LogP contribution in [0.1, 0.15) is 31.7 Å². The molecule has 3 rings (SSSR count). The molecule has 0 bridgehead atoms. The van der Waals surface area contributed by atoms with Gasteiger partial charge in [-0.3, -0.25) is 9.78 Å². The van der Waals surface area contributed by atoms with Crippen molar-refractivity contribution in [2.24, 2.45) is 0 Å². The van der Waals surface area contributed by atoms with Gasteiger partial charge in [-0.2, -0.15) is 0 Å². The topological polar surface area (TPSA) is 59.4 Å². The van der Waals surface area contributed by atoms with Crippen LogP contribution >= 0.6 is 0 Å². The summed E-state index contributed by atoms with van der Waals surface area (Å²) in [4.78, 5) is 16.1. The minimum Gasteiger partial charge on any atom is -0.492 e. The normalized spacial score (nSPS) is 16.6. The summed E-state index contributed by atoms with van der Waals surface area (Å²) >= 11 is 0. The number of carbonyl (C=O) groups is 1. The number of nitrogens with zero attached hydrogens (tertiary/aromatic N) is 1. The van der Waals surface area contributed by atoms with Crippen molar-refractivity contribution in [1.82, 2.24) is 4.98 Å². The SMILES string of the molecule is CCOc1ccc(C2(C(=O)O)CCC2)c2cccnc12. The molecule has 4 heteroatoms. The fourth-order valence-electron chi connectivity index (χ4n) is 2.96. The molecule has 1 aromatic heterocycles. The molecule has 4 nitrogen and oxygen atoms in total. The Morgan fingerprint density at radius 3 is 2.80 bits per heavy atom. The molecule has 0 amide bonds. The molecule has 20 heavy (non-hydrogen) atoms. The molecule has 1 saturated carbocycles. The van der Waals surface area contributed by atoms with Crippen LogP contribution < -0.4 is 4.74 Å². The van der Waals surface area contributed by atoms with E-state index in [0.717, 1.165) is 22.9 Å². The summed E-state index contributed by atoms with van der Waals surface area (Å²) < 4.78 is 5.59. The Morgan fingerprint density at radius 2 is 2.20 bits per heavy atom. The fourth-order valence-corrected chi connectivity index (χ4v) is 2.96. The van der Waals surface area contributed by atoms with Crippen LogP contribution in [0.25, 0.3) is 10.9 Å². The van der Waals surface area contributed by atoms with Crippen molar-refractivity contribution in [1.29, 1.82) is 0 Å². The Balaban J connectivity index is 2.23. The Kier molecular flexibility index (Phi) is 3.08. The predicted molar refractivity (Wildman–Crippen MR) is 76.1 cm³/mol. The van der Waals surface area contributed by atoms with E-state index >= 15 is 0 Å². The van der Waals surface area contributed by atoms with Crippen molar-refractivity contribution in [3.8, 4) is 5.75 Å². The molecular weight excluding hydrogens is 254 g/mol. The zero-order valence-corrected chi connectivity index (χ0v) is 11.4. The van der Waals surface area contributed by atoms with E-state index in [1.807, 2.05) is 31.2 Å². The highest BCUT2D eigenvalue weighted by Gasteiger charge is 2.46. The third-order valence-corrected chi connectivity index (χ3v) is 4.16. The van der Waals surface area contributed by atoms with Gasteiger partial charge in [-0.1, -0.05) is 18.6 Å². The minimum absolute atomic E-state index is 0.565. The zero-order valence-electron chi connectivity index (χ0n) is 11.4. The van der Waals surface area contributed by atoms with Crippen LogP contribution in [0.3, 0.4) is 0 Å². The molecule has 0 spiro atoms. The Morgan fingerprint density at radius 1 is 1.40 bits per heavy atom. The summed E-state index contributed by atoms with van der Waals surface area (Å²) in [5.74, 6) is -0.0234. The molecule has 0 aliphatic heterocycles. The van der Waals surface area contributed by atoms with Crippen molar-refractivity contribution in [3.63, 3.8) is 0 Å². The smallest absolute Gasteiger partial charge is 0.314 e. The van der Waals surface area contributed by atoms with Gasteiger partial charge in [0.15, 0.2) is 0 Å². The van der Waals surface area contributed by atoms with E-state index < -0.39 is 11.4 Å². The van der Waals surface area contributed by atoms with Crippen molar-refractivity contribution >= 4 is 16.9 Å². The molecule has 0 unspecified atom stereocenters. The summed E-state index contributed by atoms with van der Waals surface area (Å²) in [6, 6.07) is 7.51. The molecule has 0 saturated heterocycles. The number of hydrogen-bond donors (Lipinski definition) is 1. The third kappa shape index (κ3) is 1.75. The van der Waals surface area contributed by atoms with E-state index in [-0.39, 0.29) is 0 Å². The summed E-state index contributed by atoms with van der Waals surface area (Å²) in [6.07, 6.45) is 4.06. The number of pyridine rings is 1. The molecule has 104 valence electrons. The van der Waals surface area contributed by atoms with Crippen LogP contribution in [0, 0.1) is 0 Å². The first-order valence-corrected chi connectivity index (χ1v) is 6.93. The Bertz CT molecular complexity index is 662. The number of carboxylic acids is 1. The molecule has 1 aliphatic carbocycles. The Labute approximate surface area is 117 Å². The lowest BCUT2D eigenvalue weighted by molar-refractivity contribution is -0.147. The molecule has 0 atom stereocenters. The second-order valence-corrected chi connectivity index (χ2v) is 5.18. The van der Waals surface area contributed by atoms with Gasteiger partial charge in [0.05, 0.1) is 12.0 Å². The number of hydrogen-bond acceptors (Lipinski definition) is 3. The molecule has 1 N–H and O–H groups in total. The number of ether oxygens (including phenoxy) is 1. The van der Waals surface area contributed by atoms with Crippen molar-refractivity contribution < 1.29 is 14.6 Å². The lowest BCUT2D eigenvalue weighted by Crippen LogP contribution is -2.42. The van der Waals surface area contributed by atoms with Gasteiger partial charge in [-0.25, -0.2) is 0 Å². The summed E-state index contributed by atoms with van der Waals surface area (Å²) in [5.41, 5.74) is 0.869. The zero-order chi connectivity index (χ0) is 14.2. The number of fused-ring (bicyclic) bond motifs is 1. The number of rotatable bonds is 4. The Hall–Kier alpha value is -2.10. The minimum atomic E-state index is -0.744. The second-order valence-electron chi connectivity index (χ2n) is 5.18. The van der Waals surface area contributed by atoms with Crippen LogP contribution in [0.4, 0.5) is 0 Å². The van der Waals surface area contributed by atoms with Crippen LogP contribution in [0.2, 0.25) is 0 Å². The van der Waals surface area contributed by atoms with Crippen LogP contribution in [0.15, 0.2) is 30.5 Å². The molecule has 1 aliphatic rings. The first-order valence-electron chi connectivity index (χ1n) is 6.93. The molecule has 1 fully saturated rings. The first-order chi connectivity index (χ1) is 9.69. The largest absolute Gasteiger partial charge is 0.492 e. The molecule has 0 radical (unpaired) electrons. The molecule has 1 heterocycles. The van der Waals surface area contributed by atoms with Gasteiger partial charge in [0.25, 0.3) is 0 Å². The summed E-state index contributed by atoms with van der Waals surface area (Å²) in [5, 5.41) is 10.5. The predicted octanol–water partition coefficient (Wildman–Crippen LogP) is 3.14. The quantitative estimate of drug-likeness (QED) is 0.928. The van der Waals surface area contributed by atoms with E-state index in [9.17, 15) is 9.90 Å². The maximum absolute atomic E-state index is 11.7. The van der Waals surface area contributed by atoms with E-state index in [2.05, 4.69) is 4.98 Å². The van der Waals surface area contributed by atoms with E-state index in [1.54, 1.807) is 6.20 Å². The van der Waals surface area contributed by atoms with Gasteiger partial charge < -0.3 is 9.84 Å². The van der Waals surface area contributed by atoms with Gasteiger partial charge in [-0.05, 0) is 37.5 Å². The van der Waals surface area contributed by atoms with Crippen molar-refractivity contribution in [2.45, 2.75) is 31.6 Å². The van der Waals surface area contributed by atoms with E-state index in [0.29, 0.717) is 25.2 Å². The van der Waals surface area contributed by atoms with Gasteiger partial charge in [-0.15, -0.1) is 0 Å². The fraction of sp³-hybridized carbons (Fsp3) is 0.375. The average molecular weight is 271 g/mol. The average Bonchev–Trinajstić information content (AvgIpc) is 2.39. The van der Waals surface area contributed by atoms with E-state index in [1.165, 1.54) is 0 Å². The molecule has 2 aromatic rings. The summed E-state index contributed by atoms with van der Waals surface area (Å²) in [6.45, 7) is 2.49. The second kappa shape index (κ2) is 4.78. The van der Waals surface area contributed by atoms with Gasteiger partial charge in [0.2, 0.25) is 0 Å². The lowest BCUT2D eigenvalue weighted by Gasteiger charge is -2.38.